The molecule has 1 rings (SSSR count). The molecule has 0 aromatic heterocycles. The van der Waals surface area contributed by atoms with Gasteiger partial charge in [-0.3, -0.25) is 0 Å². The molecule has 1 aromatic carbocycles. The van der Waals surface area contributed by atoms with E-state index in [9.17, 15) is 18.3 Å². The molecule has 0 amide bonds. The van der Waals surface area contributed by atoms with Crippen LogP contribution in [0.1, 0.15) is 57.6 Å². The number of unbranched alkanes of at least 4 members (excludes halogenated alkanes) is 1. The number of aliphatic hydroxyl groups excluding tert-OH is 1. The zero-order chi connectivity index (χ0) is 14.4. The molecule has 0 aliphatic rings. The van der Waals surface area contributed by atoms with Gasteiger partial charge in [-0.05, 0) is 12.3 Å². The Morgan fingerprint density at radius 2 is 1.68 bits per heavy atom. The van der Waals surface area contributed by atoms with E-state index in [0.29, 0.717) is 18.6 Å². The van der Waals surface area contributed by atoms with Crippen LogP contribution < -0.4 is 0 Å². The molecule has 0 saturated heterocycles. The van der Waals surface area contributed by atoms with E-state index in [0.717, 1.165) is 25.7 Å². The van der Waals surface area contributed by atoms with Gasteiger partial charge in [-0.1, -0.05) is 39.5 Å². The minimum Gasteiger partial charge on any atom is -0.388 e. The maximum Gasteiger partial charge on any atom is 0.134 e. The van der Waals surface area contributed by atoms with Crippen molar-refractivity contribution in [3.8, 4) is 0 Å². The van der Waals surface area contributed by atoms with E-state index in [1.807, 2.05) is 6.92 Å². The molecule has 0 fully saturated rings. The van der Waals surface area contributed by atoms with Crippen molar-refractivity contribution in [3.05, 3.63) is 35.1 Å². The molecule has 0 heterocycles. The van der Waals surface area contributed by atoms with Gasteiger partial charge >= 0.3 is 0 Å². The SMILES string of the molecule is CCCCC(CC)CC(O)c1c(F)cc(F)cc1F. The van der Waals surface area contributed by atoms with Gasteiger partial charge in [0.1, 0.15) is 17.5 Å². The summed E-state index contributed by atoms with van der Waals surface area (Å²) in [5, 5.41) is 9.97. The van der Waals surface area contributed by atoms with E-state index in [4.69, 9.17) is 0 Å². The highest BCUT2D eigenvalue weighted by Crippen LogP contribution is 2.30. The van der Waals surface area contributed by atoms with Crippen LogP contribution in [0.4, 0.5) is 13.2 Å². The molecule has 1 N–H and O–H groups in total. The van der Waals surface area contributed by atoms with Crippen LogP contribution in [-0.4, -0.2) is 5.11 Å². The molecule has 0 aliphatic heterocycles. The molecule has 1 nitrogen and oxygen atoms in total. The number of hydrogen-bond acceptors (Lipinski definition) is 1. The van der Waals surface area contributed by atoms with Crippen LogP contribution in [-0.2, 0) is 0 Å². The van der Waals surface area contributed by atoms with Gasteiger partial charge in [0.2, 0.25) is 0 Å². The summed E-state index contributed by atoms with van der Waals surface area (Å²) in [5.41, 5.74) is -0.420. The Hall–Kier alpha value is -1.03. The predicted molar refractivity (Wildman–Crippen MR) is 69.2 cm³/mol. The summed E-state index contributed by atoms with van der Waals surface area (Å²) >= 11 is 0. The average Bonchev–Trinajstić information content (AvgIpc) is 2.33. The van der Waals surface area contributed by atoms with Gasteiger partial charge in [-0.2, -0.15) is 0 Å². The lowest BCUT2D eigenvalue weighted by atomic mass is 9.90. The third kappa shape index (κ3) is 4.53. The van der Waals surface area contributed by atoms with Gasteiger partial charge < -0.3 is 5.11 Å². The van der Waals surface area contributed by atoms with Crippen LogP contribution in [0.2, 0.25) is 0 Å². The largest absolute Gasteiger partial charge is 0.388 e. The lowest BCUT2D eigenvalue weighted by molar-refractivity contribution is 0.130. The lowest BCUT2D eigenvalue weighted by Gasteiger charge is -2.19. The molecule has 2 atom stereocenters. The van der Waals surface area contributed by atoms with Crippen molar-refractivity contribution in [3.63, 3.8) is 0 Å². The van der Waals surface area contributed by atoms with Crippen LogP contribution in [0.25, 0.3) is 0 Å². The zero-order valence-electron chi connectivity index (χ0n) is 11.4. The summed E-state index contributed by atoms with van der Waals surface area (Å²) in [4.78, 5) is 0. The van der Waals surface area contributed by atoms with Gasteiger partial charge in [0.15, 0.2) is 0 Å². The first-order valence-corrected chi connectivity index (χ1v) is 6.82. The smallest absolute Gasteiger partial charge is 0.134 e. The normalized spacial score (nSPS) is 14.4. The Balaban J connectivity index is 2.79. The van der Waals surface area contributed by atoms with E-state index >= 15 is 0 Å². The molecule has 19 heavy (non-hydrogen) atoms. The molecule has 2 unspecified atom stereocenters. The quantitative estimate of drug-likeness (QED) is 0.761. The standard InChI is InChI=1S/C15H21F3O/c1-3-5-6-10(4-2)7-14(19)15-12(17)8-11(16)9-13(15)18/h8-10,14,19H,3-7H2,1-2H3. The molecule has 0 spiro atoms. The second-order valence-corrected chi connectivity index (χ2v) is 4.95. The van der Waals surface area contributed by atoms with Crippen LogP contribution in [0.3, 0.4) is 0 Å². The molecule has 0 radical (unpaired) electrons. The summed E-state index contributed by atoms with van der Waals surface area (Å²) in [7, 11) is 0. The fourth-order valence-corrected chi connectivity index (χ4v) is 2.29. The highest BCUT2D eigenvalue weighted by atomic mass is 19.1. The minimum atomic E-state index is -1.22. The minimum absolute atomic E-state index is 0.221. The fourth-order valence-electron chi connectivity index (χ4n) is 2.29. The van der Waals surface area contributed by atoms with E-state index in [-0.39, 0.29) is 5.92 Å². The Kier molecular flexibility index (Phi) is 6.35. The first-order chi connectivity index (χ1) is 8.99. The van der Waals surface area contributed by atoms with E-state index < -0.39 is 29.1 Å². The van der Waals surface area contributed by atoms with Crippen molar-refractivity contribution < 1.29 is 18.3 Å². The number of aliphatic hydroxyl groups is 1. The van der Waals surface area contributed by atoms with Crippen molar-refractivity contribution in [2.45, 2.75) is 52.1 Å². The van der Waals surface area contributed by atoms with Gasteiger partial charge in [0.05, 0.1) is 11.7 Å². The highest BCUT2D eigenvalue weighted by molar-refractivity contribution is 5.23. The maximum absolute atomic E-state index is 13.5. The van der Waals surface area contributed by atoms with Crippen molar-refractivity contribution in [2.75, 3.05) is 0 Å². The van der Waals surface area contributed by atoms with Crippen LogP contribution in [0.15, 0.2) is 12.1 Å². The van der Waals surface area contributed by atoms with Gasteiger partial charge in [-0.15, -0.1) is 0 Å². The van der Waals surface area contributed by atoms with Crippen LogP contribution >= 0.6 is 0 Å². The van der Waals surface area contributed by atoms with Gasteiger partial charge in [0, 0.05) is 12.1 Å². The molecule has 1 aromatic rings. The van der Waals surface area contributed by atoms with E-state index in [1.54, 1.807) is 0 Å². The molecular formula is C15H21F3O. The van der Waals surface area contributed by atoms with Gasteiger partial charge in [-0.25, -0.2) is 13.2 Å². The number of hydrogen-bond donors (Lipinski definition) is 1. The zero-order valence-corrected chi connectivity index (χ0v) is 11.4. The number of halogens is 3. The van der Waals surface area contributed by atoms with Crippen molar-refractivity contribution in [1.82, 2.24) is 0 Å². The van der Waals surface area contributed by atoms with Crippen molar-refractivity contribution >= 4 is 0 Å². The maximum atomic E-state index is 13.5. The Morgan fingerprint density at radius 3 is 2.16 bits per heavy atom. The summed E-state index contributed by atoms with van der Waals surface area (Å²) in [6, 6.07) is 1.21. The van der Waals surface area contributed by atoms with E-state index in [1.165, 1.54) is 0 Å². The molecular weight excluding hydrogens is 253 g/mol. The topological polar surface area (TPSA) is 20.2 Å². The molecule has 0 aliphatic carbocycles. The summed E-state index contributed by atoms with van der Waals surface area (Å²) in [5.74, 6) is -2.78. The van der Waals surface area contributed by atoms with Gasteiger partial charge in [0.25, 0.3) is 0 Å². The molecule has 108 valence electrons. The number of rotatable bonds is 7. The lowest BCUT2D eigenvalue weighted by Crippen LogP contribution is -2.11. The van der Waals surface area contributed by atoms with Crippen molar-refractivity contribution in [2.24, 2.45) is 5.92 Å². The third-order valence-electron chi connectivity index (χ3n) is 3.48. The monoisotopic (exact) mass is 274 g/mol. The summed E-state index contributed by atoms with van der Waals surface area (Å²) in [6.07, 6.45) is 2.93. The average molecular weight is 274 g/mol. The Labute approximate surface area is 112 Å². The van der Waals surface area contributed by atoms with Crippen LogP contribution in [0.5, 0.6) is 0 Å². The van der Waals surface area contributed by atoms with E-state index in [2.05, 4.69) is 6.92 Å². The third-order valence-corrected chi connectivity index (χ3v) is 3.48. The summed E-state index contributed by atoms with van der Waals surface area (Å²) in [6.45, 7) is 4.06. The first kappa shape index (κ1) is 16.0. The highest BCUT2D eigenvalue weighted by Gasteiger charge is 2.22. The Bertz CT molecular complexity index is 383. The number of benzene rings is 1. The van der Waals surface area contributed by atoms with Crippen LogP contribution in [0, 0.1) is 23.4 Å². The first-order valence-electron chi connectivity index (χ1n) is 6.82. The predicted octanol–water partition coefficient (Wildman–Crippen LogP) is 4.74. The second kappa shape index (κ2) is 7.53. The fraction of sp³-hybridized carbons (Fsp3) is 0.600. The molecule has 0 bridgehead atoms. The Morgan fingerprint density at radius 1 is 1.11 bits per heavy atom. The molecule has 0 saturated carbocycles. The summed E-state index contributed by atoms with van der Waals surface area (Å²) < 4.78 is 39.9. The second-order valence-electron chi connectivity index (χ2n) is 4.95. The van der Waals surface area contributed by atoms with Crippen molar-refractivity contribution in [1.29, 1.82) is 0 Å². The molecule has 4 heteroatoms.